The molecule has 1 aromatic heterocycles. The number of carbonyl (C=O) groups excluding carboxylic acids is 1. The van der Waals surface area contributed by atoms with Gasteiger partial charge in [-0.2, -0.15) is 0 Å². The van der Waals surface area contributed by atoms with Gasteiger partial charge in [0.05, 0.1) is 12.6 Å². The summed E-state index contributed by atoms with van der Waals surface area (Å²) >= 11 is 1.47. The van der Waals surface area contributed by atoms with Crippen molar-refractivity contribution < 1.29 is 9.90 Å². The molecule has 1 aliphatic rings. The van der Waals surface area contributed by atoms with Crippen molar-refractivity contribution in [3.05, 3.63) is 11.6 Å². The minimum Gasteiger partial charge on any atom is -0.392 e. The molecule has 0 aromatic carbocycles. The molecule has 0 unspecified atom stereocenters. The number of thiazole rings is 1. The second-order valence-corrected chi connectivity index (χ2v) is 6.78. The minimum atomic E-state index is -0.307. The fraction of sp³-hybridized carbons (Fsp3) is 0.733. The van der Waals surface area contributed by atoms with Gasteiger partial charge in [0.15, 0.2) is 5.13 Å². The molecule has 2 rings (SSSR count). The van der Waals surface area contributed by atoms with E-state index in [0.717, 1.165) is 31.2 Å². The average Bonchev–Trinajstić information content (AvgIpc) is 3.01. The Morgan fingerprint density at radius 1 is 1.59 bits per heavy atom. The van der Waals surface area contributed by atoms with Crippen LogP contribution in [0.25, 0.3) is 0 Å². The first-order valence-electron chi connectivity index (χ1n) is 7.81. The Balaban J connectivity index is 1.88. The fourth-order valence-corrected chi connectivity index (χ4v) is 3.48. The molecular formula is C15H26N4O2S. The van der Waals surface area contributed by atoms with Gasteiger partial charge in [0, 0.05) is 50.8 Å². The Hall–Kier alpha value is -1.02. The SMILES string of the molecule is CC[C@H]1CN(CC(=O)N(C)c2nccs2)CCN1C[C@@H](C)O. The van der Waals surface area contributed by atoms with E-state index in [1.54, 1.807) is 18.1 Å². The summed E-state index contributed by atoms with van der Waals surface area (Å²) < 4.78 is 0. The van der Waals surface area contributed by atoms with Gasteiger partial charge in [0.2, 0.25) is 5.91 Å². The van der Waals surface area contributed by atoms with E-state index in [4.69, 9.17) is 0 Å². The molecule has 7 heteroatoms. The van der Waals surface area contributed by atoms with Gasteiger partial charge in [-0.1, -0.05) is 6.92 Å². The van der Waals surface area contributed by atoms with E-state index < -0.39 is 0 Å². The number of nitrogens with zero attached hydrogens (tertiary/aromatic N) is 4. The third-order valence-electron chi connectivity index (χ3n) is 4.10. The van der Waals surface area contributed by atoms with E-state index in [1.807, 2.05) is 12.3 Å². The molecule has 1 aromatic rings. The van der Waals surface area contributed by atoms with Crippen LogP contribution in [0.4, 0.5) is 5.13 Å². The van der Waals surface area contributed by atoms with Crippen LogP contribution in [0.5, 0.6) is 0 Å². The fourth-order valence-electron chi connectivity index (χ4n) is 2.85. The summed E-state index contributed by atoms with van der Waals surface area (Å²) in [6, 6.07) is 0.404. The first-order valence-corrected chi connectivity index (χ1v) is 8.69. The Kier molecular flexibility index (Phi) is 6.31. The van der Waals surface area contributed by atoms with E-state index in [2.05, 4.69) is 21.7 Å². The summed E-state index contributed by atoms with van der Waals surface area (Å²) in [6.07, 6.45) is 2.43. The molecule has 0 radical (unpaired) electrons. The maximum absolute atomic E-state index is 12.4. The van der Waals surface area contributed by atoms with Gasteiger partial charge in [-0.15, -0.1) is 11.3 Å². The molecule has 1 fully saturated rings. The average molecular weight is 326 g/mol. The van der Waals surface area contributed by atoms with E-state index in [1.165, 1.54) is 11.3 Å². The van der Waals surface area contributed by atoms with Gasteiger partial charge in [-0.3, -0.25) is 19.5 Å². The van der Waals surface area contributed by atoms with Crippen LogP contribution < -0.4 is 4.90 Å². The Bertz CT molecular complexity index is 466. The monoisotopic (exact) mass is 326 g/mol. The van der Waals surface area contributed by atoms with E-state index in [-0.39, 0.29) is 12.0 Å². The first kappa shape index (κ1) is 17.3. The van der Waals surface area contributed by atoms with Crippen LogP contribution in [-0.4, -0.2) is 77.7 Å². The second-order valence-electron chi connectivity index (χ2n) is 5.91. The highest BCUT2D eigenvalue weighted by Crippen LogP contribution is 2.17. The van der Waals surface area contributed by atoms with Crippen molar-refractivity contribution in [1.29, 1.82) is 0 Å². The smallest absolute Gasteiger partial charge is 0.242 e. The topological polar surface area (TPSA) is 59.9 Å². The molecule has 2 heterocycles. The molecule has 1 aliphatic heterocycles. The number of anilines is 1. The Labute approximate surface area is 136 Å². The van der Waals surface area contributed by atoms with Crippen LogP contribution in [0.1, 0.15) is 20.3 Å². The van der Waals surface area contributed by atoms with Crippen molar-refractivity contribution in [2.24, 2.45) is 0 Å². The maximum Gasteiger partial charge on any atom is 0.242 e. The number of aromatic nitrogens is 1. The van der Waals surface area contributed by atoms with Crippen LogP contribution in [0.15, 0.2) is 11.6 Å². The number of β-amino-alcohol motifs (C(OH)–C–C–N with tert-alkyl or cyclic N) is 1. The largest absolute Gasteiger partial charge is 0.392 e. The lowest BCUT2D eigenvalue weighted by atomic mass is 10.1. The number of aliphatic hydroxyl groups is 1. The van der Waals surface area contributed by atoms with Gasteiger partial charge in [-0.05, 0) is 13.3 Å². The summed E-state index contributed by atoms with van der Waals surface area (Å²) in [5, 5.41) is 12.2. The van der Waals surface area contributed by atoms with Crippen molar-refractivity contribution in [2.45, 2.75) is 32.4 Å². The van der Waals surface area contributed by atoms with Crippen LogP contribution in [0.3, 0.4) is 0 Å². The van der Waals surface area contributed by atoms with E-state index >= 15 is 0 Å². The second kappa shape index (κ2) is 8.01. The van der Waals surface area contributed by atoms with E-state index in [0.29, 0.717) is 19.1 Å². The highest BCUT2D eigenvalue weighted by Gasteiger charge is 2.28. The molecule has 6 nitrogen and oxygen atoms in total. The molecule has 124 valence electrons. The number of likely N-dealkylation sites (N-methyl/N-ethyl adjacent to an activating group) is 1. The highest BCUT2D eigenvalue weighted by molar-refractivity contribution is 7.13. The molecule has 22 heavy (non-hydrogen) atoms. The number of carbonyl (C=O) groups is 1. The van der Waals surface area contributed by atoms with Crippen molar-refractivity contribution >= 4 is 22.4 Å². The van der Waals surface area contributed by atoms with Crippen molar-refractivity contribution in [1.82, 2.24) is 14.8 Å². The summed E-state index contributed by atoms with van der Waals surface area (Å²) in [5.74, 6) is 0.0776. The molecule has 0 aliphatic carbocycles. The number of amides is 1. The quantitative estimate of drug-likeness (QED) is 0.841. The van der Waals surface area contributed by atoms with Crippen molar-refractivity contribution in [2.75, 3.05) is 44.7 Å². The van der Waals surface area contributed by atoms with Crippen LogP contribution in [-0.2, 0) is 4.79 Å². The number of rotatable bonds is 6. The van der Waals surface area contributed by atoms with Crippen LogP contribution in [0.2, 0.25) is 0 Å². The predicted molar refractivity (Wildman–Crippen MR) is 89.3 cm³/mol. The first-order chi connectivity index (χ1) is 10.5. The van der Waals surface area contributed by atoms with Gasteiger partial charge in [0.25, 0.3) is 0 Å². The molecular weight excluding hydrogens is 300 g/mol. The maximum atomic E-state index is 12.4. The minimum absolute atomic E-state index is 0.0776. The third-order valence-corrected chi connectivity index (χ3v) is 4.95. The lowest BCUT2D eigenvalue weighted by molar-refractivity contribution is -0.120. The van der Waals surface area contributed by atoms with Crippen LogP contribution >= 0.6 is 11.3 Å². The lowest BCUT2D eigenvalue weighted by Gasteiger charge is -2.41. The summed E-state index contributed by atoms with van der Waals surface area (Å²) in [7, 11) is 1.78. The third kappa shape index (κ3) is 4.49. The molecule has 0 saturated carbocycles. The number of piperazine rings is 1. The van der Waals surface area contributed by atoms with E-state index in [9.17, 15) is 9.90 Å². The summed E-state index contributed by atoms with van der Waals surface area (Å²) in [4.78, 5) is 22.7. The zero-order valence-electron chi connectivity index (χ0n) is 13.6. The standard InChI is InChI=1S/C15H26N4O2S/c1-4-13-10-18(6-7-19(13)9-12(2)20)11-14(21)17(3)15-16-5-8-22-15/h5,8,12-13,20H,4,6-7,9-11H2,1-3H3/t12-,13+/m1/s1. The van der Waals surface area contributed by atoms with Gasteiger partial charge < -0.3 is 5.11 Å². The molecule has 1 N–H and O–H groups in total. The zero-order valence-corrected chi connectivity index (χ0v) is 14.4. The molecule has 1 amide bonds. The van der Waals surface area contributed by atoms with Crippen molar-refractivity contribution in [3.63, 3.8) is 0 Å². The normalized spacial score (nSPS) is 21.7. The molecule has 0 bridgehead atoms. The molecule has 2 atom stereocenters. The summed E-state index contributed by atoms with van der Waals surface area (Å²) in [5.41, 5.74) is 0. The highest BCUT2D eigenvalue weighted by atomic mass is 32.1. The van der Waals surface area contributed by atoms with Gasteiger partial charge >= 0.3 is 0 Å². The van der Waals surface area contributed by atoms with Crippen molar-refractivity contribution in [3.8, 4) is 0 Å². The van der Waals surface area contributed by atoms with Gasteiger partial charge in [0.1, 0.15) is 0 Å². The lowest BCUT2D eigenvalue weighted by Crippen LogP contribution is -2.56. The molecule has 0 spiro atoms. The number of hydrogen-bond donors (Lipinski definition) is 1. The zero-order chi connectivity index (χ0) is 16.1. The van der Waals surface area contributed by atoms with Gasteiger partial charge in [-0.25, -0.2) is 4.98 Å². The number of aliphatic hydroxyl groups excluding tert-OH is 1. The molecule has 1 saturated heterocycles. The predicted octanol–water partition coefficient (Wildman–Crippen LogP) is 0.883. The Morgan fingerprint density at radius 2 is 2.36 bits per heavy atom. The number of hydrogen-bond acceptors (Lipinski definition) is 6. The van der Waals surface area contributed by atoms with Crippen LogP contribution in [0, 0.1) is 0 Å². The summed E-state index contributed by atoms with van der Waals surface area (Å²) in [6.45, 7) is 7.76. The Morgan fingerprint density at radius 3 is 2.95 bits per heavy atom.